The van der Waals surface area contributed by atoms with Crippen LogP contribution in [0.3, 0.4) is 0 Å². The van der Waals surface area contributed by atoms with Gasteiger partial charge in [0.25, 0.3) is 0 Å². The van der Waals surface area contributed by atoms with E-state index in [1.807, 2.05) is 0 Å². The number of nitrogens with zero attached hydrogens (tertiary/aromatic N) is 3. The molecule has 0 bridgehead atoms. The molecular weight excluding hydrogens is 739 g/mol. The minimum atomic E-state index is 1.10. The van der Waals surface area contributed by atoms with E-state index in [0.717, 1.165) is 6.54 Å². The van der Waals surface area contributed by atoms with Crippen molar-refractivity contribution in [1.29, 1.82) is 0 Å². The molecule has 0 fully saturated rings. The van der Waals surface area contributed by atoms with E-state index in [0.29, 0.717) is 0 Å². The number of quaternary nitrogens is 1. The Morgan fingerprint density at radius 3 is 1.02 bits per heavy atom. The number of anilines is 1. The predicted molar refractivity (Wildman–Crippen MR) is 275 cm³/mol. The predicted octanol–water partition coefficient (Wildman–Crippen LogP) is 17.7. The zero-order valence-corrected chi connectivity index (χ0v) is 41.9. The van der Waals surface area contributed by atoms with Crippen molar-refractivity contribution in [2.24, 2.45) is 0 Å². The maximum absolute atomic E-state index is 2.71. The van der Waals surface area contributed by atoms with Gasteiger partial charge in [-0.3, -0.25) is 0 Å². The van der Waals surface area contributed by atoms with Gasteiger partial charge in [-0.1, -0.05) is 231 Å². The summed E-state index contributed by atoms with van der Waals surface area (Å²) in [5, 5.41) is 0. The van der Waals surface area contributed by atoms with Crippen LogP contribution in [-0.4, -0.2) is 43.8 Å². The highest BCUT2D eigenvalue weighted by atomic mass is 15.3. The second-order valence-corrected chi connectivity index (χ2v) is 19.3. The molecule has 3 heteroatoms. The van der Waals surface area contributed by atoms with Crippen LogP contribution in [0.5, 0.6) is 0 Å². The highest BCUT2D eigenvalue weighted by Crippen LogP contribution is 2.21. The molecule has 0 aliphatic carbocycles. The lowest BCUT2D eigenvalue weighted by Gasteiger charge is -2.35. The van der Waals surface area contributed by atoms with Crippen LogP contribution >= 0.6 is 0 Å². The standard InChI is InChI=1S/C58H105N3/c1-6-11-13-15-17-19-21-23-25-27-29-31-33-35-37-39-51-60(52-40-38-36-34-32-30-28-26-24-22-20-18-16-14-12-7-2)58-46-44-56(45-47-58)42-43-57-48-53-59(54-49-57)50-41-55-61(8-3,9-4)10-5/h42-49,53-54H,6-41,50-52,55H2,1-5H3/q+2. The number of pyridine rings is 1. The smallest absolute Gasteiger partial charge is 0.169 e. The summed E-state index contributed by atoms with van der Waals surface area (Å²) < 4.78 is 3.59. The molecule has 0 aliphatic heterocycles. The maximum atomic E-state index is 2.71. The van der Waals surface area contributed by atoms with Gasteiger partial charge in [-0.25, -0.2) is 4.57 Å². The van der Waals surface area contributed by atoms with Crippen molar-refractivity contribution < 1.29 is 9.05 Å². The Balaban J connectivity index is 1.73. The first-order chi connectivity index (χ1) is 30.1. The van der Waals surface area contributed by atoms with Crippen LogP contribution in [0, 0.1) is 0 Å². The van der Waals surface area contributed by atoms with Gasteiger partial charge in [-0.15, -0.1) is 0 Å². The number of benzene rings is 1. The average molecular weight is 844 g/mol. The Morgan fingerprint density at radius 1 is 0.377 bits per heavy atom. The van der Waals surface area contributed by atoms with Gasteiger partial charge in [0.05, 0.1) is 32.6 Å². The third-order valence-corrected chi connectivity index (χ3v) is 14.3. The molecule has 0 unspecified atom stereocenters. The van der Waals surface area contributed by atoms with Crippen molar-refractivity contribution in [3.8, 4) is 0 Å². The molecule has 0 aliphatic rings. The van der Waals surface area contributed by atoms with Gasteiger partial charge in [0.1, 0.15) is 0 Å². The first-order valence-electron chi connectivity index (χ1n) is 27.5. The minimum Gasteiger partial charge on any atom is -0.372 e. The van der Waals surface area contributed by atoms with Crippen LogP contribution < -0.4 is 9.47 Å². The number of hydrogen-bond acceptors (Lipinski definition) is 1. The van der Waals surface area contributed by atoms with Gasteiger partial charge in [0.2, 0.25) is 0 Å². The summed E-state index contributed by atoms with van der Waals surface area (Å²) in [5.41, 5.74) is 3.98. The van der Waals surface area contributed by atoms with Crippen molar-refractivity contribution in [3.05, 3.63) is 59.9 Å². The van der Waals surface area contributed by atoms with Gasteiger partial charge >= 0.3 is 0 Å². The molecule has 61 heavy (non-hydrogen) atoms. The molecule has 1 heterocycles. The van der Waals surface area contributed by atoms with Gasteiger partial charge in [-0.05, 0) is 56.9 Å². The first-order valence-corrected chi connectivity index (χ1v) is 27.5. The molecule has 0 N–H and O–H groups in total. The van der Waals surface area contributed by atoms with E-state index in [1.54, 1.807) is 0 Å². The van der Waals surface area contributed by atoms with E-state index >= 15 is 0 Å². The summed E-state index contributed by atoms with van der Waals surface area (Å²) in [6, 6.07) is 14.0. The fourth-order valence-corrected chi connectivity index (χ4v) is 9.52. The molecule has 0 spiro atoms. The summed E-state index contributed by atoms with van der Waals surface area (Å²) in [6.45, 7) is 20.1. The summed E-state index contributed by atoms with van der Waals surface area (Å²) >= 11 is 0. The number of hydrogen-bond donors (Lipinski definition) is 0. The van der Waals surface area contributed by atoms with E-state index in [1.165, 1.54) is 272 Å². The quantitative estimate of drug-likeness (QED) is 0.0366. The Kier molecular flexibility index (Phi) is 35.6. The Labute approximate surface area is 382 Å². The van der Waals surface area contributed by atoms with Crippen molar-refractivity contribution >= 4 is 17.8 Å². The summed E-state index contributed by atoms with van der Waals surface area (Å²) in [6.07, 6.45) is 56.1. The van der Waals surface area contributed by atoms with E-state index in [9.17, 15) is 0 Å². The molecule has 2 aromatic rings. The normalized spacial score (nSPS) is 12.0. The molecular formula is C58H105N3+2. The summed E-state index contributed by atoms with van der Waals surface area (Å²) in [5.74, 6) is 0. The van der Waals surface area contributed by atoms with Crippen LogP contribution in [0.25, 0.3) is 12.2 Å². The third kappa shape index (κ3) is 29.0. The molecule has 0 radical (unpaired) electrons. The molecule has 350 valence electrons. The molecule has 0 amide bonds. The van der Waals surface area contributed by atoms with Crippen molar-refractivity contribution in [2.75, 3.05) is 44.2 Å². The zero-order valence-electron chi connectivity index (χ0n) is 41.9. The lowest BCUT2D eigenvalue weighted by Crippen LogP contribution is -2.49. The van der Waals surface area contributed by atoms with Gasteiger partial charge < -0.3 is 9.38 Å². The van der Waals surface area contributed by atoms with E-state index in [-0.39, 0.29) is 0 Å². The molecule has 0 saturated carbocycles. The van der Waals surface area contributed by atoms with E-state index in [2.05, 4.69) is 105 Å². The summed E-state index contributed by atoms with van der Waals surface area (Å²) in [4.78, 5) is 2.71. The van der Waals surface area contributed by atoms with Crippen LogP contribution in [0.2, 0.25) is 0 Å². The fraction of sp³-hybridized carbons (Fsp3) is 0.776. The largest absolute Gasteiger partial charge is 0.372 e. The van der Waals surface area contributed by atoms with E-state index in [4.69, 9.17) is 0 Å². The Morgan fingerprint density at radius 2 is 0.689 bits per heavy atom. The fourth-order valence-electron chi connectivity index (χ4n) is 9.52. The van der Waals surface area contributed by atoms with Crippen molar-refractivity contribution in [3.63, 3.8) is 0 Å². The summed E-state index contributed by atoms with van der Waals surface area (Å²) in [7, 11) is 0. The number of rotatable bonds is 44. The number of aromatic nitrogens is 1. The van der Waals surface area contributed by atoms with Gasteiger partial charge in [0, 0.05) is 30.9 Å². The molecule has 2 rings (SSSR count). The molecule has 1 aromatic carbocycles. The zero-order chi connectivity index (χ0) is 43.7. The van der Waals surface area contributed by atoms with Crippen molar-refractivity contribution in [1.82, 2.24) is 0 Å². The second kappa shape index (κ2) is 39.5. The molecule has 0 saturated heterocycles. The minimum absolute atomic E-state index is 1.10. The second-order valence-electron chi connectivity index (χ2n) is 19.3. The Hall–Kier alpha value is -2.13. The van der Waals surface area contributed by atoms with E-state index < -0.39 is 0 Å². The van der Waals surface area contributed by atoms with Crippen LogP contribution in [-0.2, 0) is 6.54 Å². The maximum Gasteiger partial charge on any atom is 0.169 e. The molecule has 1 aromatic heterocycles. The van der Waals surface area contributed by atoms with Crippen LogP contribution in [0.1, 0.15) is 258 Å². The highest BCUT2D eigenvalue weighted by Gasteiger charge is 2.20. The van der Waals surface area contributed by atoms with Crippen LogP contribution in [0.4, 0.5) is 5.69 Å². The highest BCUT2D eigenvalue weighted by molar-refractivity contribution is 5.70. The van der Waals surface area contributed by atoms with Gasteiger partial charge in [0.15, 0.2) is 18.9 Å². The first kappa shape index (κ1) is 55.0. The number of unbranched alkanes of at least 4 members (excludes halogenated alkanes) is 30. The lowest BCUT2D eigenvalue weighted by molar-refractivity contribution is -0.925. The molecule has 0 atom stereocenters. The SMILES string of the molecule is CCCCCCCCCCCCCCCCCCN(CCCCCCCCCCCCCCCCCC)c1ccc(C=Cc2cc[n+](CCC[N+](CC)(CC)CC)cc2)cc1. The van der Waals surface area contributed by atoms with Crippen molar-refractivity contribution in [2.45, 2.75) is 253 Å². The van der Waals surface area contributed by atoms with Gasteiger partial charge in [-0.2, -0.15) is 0 Å². The monoisotopic (exact) mass is 844 g/mol. The topological polar surface area (TPSA) is 7.12 Å². The Bertz CT molecular complexity index is 1180. The third-order valence-electron chi connectivity index (χ3n) is 14.3. The lowest BCUT2D eigenvalue weighted by atomic mass is 10.0. The average Bonchev–Trinajstić information content (AvgIpc) is 3.29. The number of aryl methyl sites for hydroxylation is 1. The van der Waals surface area contributed by atoms with Crippen LogP contribution in [0.15, 0.2) is 48.8 Å². The molecule has 3 nitrogen and oxygen atoms in total.